The summed E-state index contributed by atoms with van der Waals surface area (Å²) in [5.41, 5.74) is 0.352. The van der Waals surface area contributed by atoms with Crippen LogP contribution >= 0.6 is 0 Å². The molecule has 33 heavy (non-hydrogen) atoms. The lowest BCUT2D eigenvalue weighted by atomic mass is 10.0. The average Bonchev–Trinajstić information content (AvgIpc) is 3.20. The van der Waals surface area contributed by atoms with Crippen LogP contribution in [0.25, 0.3) is 0 Å². The third-order valence-corrected chi connectivity index (χ3v) is 6.20. The van der Waals surface area contributed by atoms with E-state index in [4.69, 9.17) is 4.74 Å². The molecule has 2 aliphatic heterocycles. The predicted molar refractivity (Wildman–Crippen MR) is 116 cm³/mol. The maximum atomic E-state index is 13.3. The minimum absolute atomic E-state index is 0.137. The number of anilines is 1. The zero-order valence-electron chi connectivity index (χ0n) is 18.5. The highest BCUT2D eigenvalue weighted by Gasteiger charge is 2.37. The van der Waals surface area contributed by atoms with Gasteiger partial charge in [0.2, 0.25) is 0 Å². The molecule has 10 heteroatoms. The fourth-order valence-electron chi connectivity index (χ4n) is 4.36. The molecule has 1 unspecified atom stereocenters. The first-order valence-electron chi connectivity index (χ1n) is 10.8. The number of alkyl halides is 3. The molecule has 178 valence electrons. The Labute approximate surface area is 190 Å². The minimum Gasteiger partial charge on any atom is -0.390 e. The third kappa shape index (κ3) is 4.97. The molecule has 2 saturated heterocycles. The summed E-state index contributed by atoms with van der Waals surface area (Å²) in [5, 5.41) is 10.3. The van der Waals surface area contributed by atoms with Crippen LogP contribution in [-0.2, 0) is 10.9 Å². The van der Waals surface area contributed by atoms with E-state index in [1.165, 1.54) is 12.1 Å². The Balaban J connectivity index is 1.52. The van der Waals surface area contributed by atoms with E-state index in [2.05, 4.69) is 4.98 Å². The van der Waals surface area contributed by atoms with Gasteiger partial charge in [0.25, 0.3) is 5.91 Å². The molecule has 2 aromatic rings. The number of pyridine rings is 1. The van der Waals surface area contributed by atoms with Gasteiger partial charge in [-0.3, -0.25) is 4.79 Å². The smallest absolute Gasteiger partial charge is 0.390 e. The zero-order chi connectivity index (χ0) is 23.8. The van der Waals surface area contributed by atoms with Gasteiger partial charge in [-0.1, -0.05) is 12.1 Å². The van der Waals surface area contributed by atoms with Crippen LogP contribution in [-0.4, -0.2) is 84.8 Å². The van der Waals surface area contributed by atoms with Crippen molar-refractivity contribution in [3.63, 3.8) is 0 Å². The second-order valence-electron chi connectivity index (χ2n) is 8.61. The average molecular weight is 464 g/mol. The Hall–Kier alpha value is -2.69. The predicted octanol–water partition coefficient (Wildman–Crippen LogP) is 2.43. The van der Waals surface area contributed by atoms with Gasteiger partial charge in [0.05, 0.1) is 29.9 Å². The summed E-state index contributed by atoms with van der Waals surface area (Å²) in [4.78, 5) is 23.2. The van der Waals surface area contributed by atoms with Crippen LogP contribution in [0.15, 0.2) is 42.6 Å². The number of aliphatic hydroxyl groups excluding tert-OH is 1. The quantitative estimate of drug-likeness (QED) is 0.750. The van der Waals surface area contributed by atoms with Crippen molar-refractivity contribution in [3.8, 4) is 0 Å². The third-order valence-electron chi connectivity index (χ3n) is 6.20. The number of carbonyl (C=O) groups is 1. The summed E-state index contributed by atoms with van der Waals surface area (Å²) in [6.07, 6.45) is -3.86. The molecule has 1 N–H and O–H groups in total. The van der Waals surface area contributed by atoms with Crippen molar-refractivity contribution in [3.05, 3.63) is 59.3 Å². The standard InChI is InChI=1S/C23H27F3N4O3/c1-28(2)18-12-30(13-19(18)31)22(32)17-4-3-9-27-21(17)29-10-11-33-20(14-29)15-5-7-16(8-6-15)23(24,25)26/h3-9,18-20,31H,10-14H2,1-2H3/t18-,19-,20?/m1/s1. The Morgan fingerprint density at radius 3 is 2.52 bits per heavy atom. The van der Waals surface area contributed by atoms with Crippen LogP contribution in [0, 0.1) is 0 Å². The number of likely N-dealkylation sites (tertiary alicyclic amines) is 1. The number of likely N-dealkylation sites (N-methyl/N-ethyl adjacent to an activating group) is 1. The normalized spacial score (nSPS) is 23.9. The number of ether oxygens (including phenoxy) is 1. The number of aliphatic hydroxyl groups is 1. The van der Waals surface area contributed by atoms with E-state index in [9.17, 15) is 23.1 Å². The molecule has 0 spiro atoms. The van der Waals surface area contributed by atoms with Crippen LogP contribution in [0.4, 0.5) is 19.0 Å². The molecule has 1 aromatic heterocycles. The number of halogens is 3. The number of β-amino-alcohol motifs (C(OH)–C–C–N with tert-alkyl or cyclic N) is 1. The van der Waals surface area contributed by atoms with Gasteiger partial charge in [0.1, 0.15) is 11.9 Å². The van der Waals surface area contributed by atoms with Gasteiger partial charge in [-0.25, -0.2) is 4.98 Å². The fourth-order valence-corrected chi connectivity index (χ4v) is 4.36. The van der Waals surface area contributed by atoms with Gasteiger partial charge in [0.15, 0.2) is 0 Å². The van der Waals surface area contributed by atoms with Crippen molar-refractivity contribution in [2.75, 3.05) is 51.8 Å². The lowest BCUT2D eigenvalue weighted by molar-refractivity contribution is -0.137. The van der Waals surface area contributed by atoms with E-state index in [-0.39, 0.29) is 18.5 Å². The lowest BCUT2D eigenvalue weighted by Crippen LogP contribution is -2.41. The molecule has 2 fully saturated rings. The molecule has 0 bridgehead atoms. The summed E-state index contributed by atoms with van der Waals surface area (Å²) < 4.78 is 44.5. The minimum atomic E-state index is -4.39. The Morgan fingerprint density at radius 1 is 1.15 bits per heavy atom. The number of aromatic nitrogens is 1. The summed E-state index contributed by atoms with van der Waals surface area (Å²) in [6, 6.07) is 8.22. The maximum absolute atomic E-state index is 13.3. The first-order chi connectivity index (χ1) is 15.6. The highest BCUT2D eigenvalue weighted by Crippen LogP contribution is 2.32. The first kappa shape index (κ1) is 23.5. The maximum Gasteiger partial charge on any atom is 0.416 e. The number of nitrogens with zero attached hydrogens (tertiary/aromatic N) is 4. The van der Waals surface area contributed by atoms with Crippen molar-refractivity contribution in [2.24, 2.45) is 0 Å². The largest absolute Gasteiger partial charge is 0.416 e. The van der Waals surface area contributed by atoms with Gasteiger partial charge in [-0.15, -0.1) is 0 Å². The molecule has 1 amide bonds. The summed E-state index contributed by atoms with van der Waals surface area (Å²) in [6.45, 7) is 1.86. The Kier molecular flexibility index (Phi) is 6.60. The Morgan fingerprint density at radius 2 is 1.88 bits per heavy atom. The van der Waals surface area contributed by atoms with E-state index >= 15 is 0 Å². The van der Waals surface area contributed by atoms with Gasteiger partial charge < -0.3 is 24.5 Å². The number of amides is 1. The monoisotopic (exact) mass is 464 g/mol. The number of benzene rings is 1. The van der Waals surface area contributed by atoms with Crippen LogP contribution < -0.4 is 4.90 Å². The van der Waals surface area contributed by atoms with Crippen LogP contribution in [0.1, 0.15) is 27.6 Å². The van der Waals surface area contributed by atoms with Crippen molar-refractivity contribution < 1.29 is 27.8 Å². The number of morpholine rings is 1. The molecule has 0 saturated carbocycles. The van der Waals surface area contributed by atoms with Gasteiger partial charge in [0, 0.05) is 32.4 Å². The van der Waals surface area contributed by atoms with Crippen LogP contribution in [0.5, 0.6) is 0 Å². The molecule has 1 aromatic carbocycles. The molecule has 3 atom stereocenters. The van der Waals surface area contributed by atoms with Gasteiger partial charge >= 0.3 is 6.18 Å². The highest BCUT2D eigenvalue weighted by molar-refractivity contribution is 5.99. The fraction of sp³-hybridized carbons (Fsp3) is 0.478. The summed E-state index contributed by atoms with van der Waals surface area (Å²) in [5.74, 6) is 0.296. The van der Waals surface area contributed by atoms with Crippen molar-refractivity contribution in [1.82, 2.24) is 14.8 Å². The van der Waals surface area contributed by atoms with E-state index in [0.29, 0.717) is 43.2 Å². The van der Waals surface area contributed by atoms with Gasteiger partial charge in [-0.2, -0.15) is 13.2 Å². The van der Waals surface area contributed by atoms with E-state index < -0.39 is 23.9 Å². The van der Waals surface area contributed by atoms with E-state index in [0.717, 1.165) is 12.1 Å². The highest BCUT2D eigenvalue weighted by atomic mass is 19.4. The topological polar surface area (TPSA) is 69.1 Å². The molecular formula is C23H27F3N4O3. The van der Waals surface area contributed by atoms with Crippen LogP contribution in [0.2, 0.25) is 0 Å². The van der Waals surface area contributed by atoms with E-state index in [1.54, 1.807) is 23.2 Å². The summed E-state index contributed by atoms with van der Waals surface area (Å²) >= 11 is 0. The molecule has 0 radical (unpaired) electrons. The molecule has 4 rings (SSSR count). The zero-order valence-corrected chi connectivity index (χ0v) is 18.5. The molecular weight excluding hydrogens is 437 g/mol. The van der Waals surface area contributed by atoms with Crippen molar-refractivity contribution in [1.29, 1.82) is 0 Å². The number of hydrogen-bond donors (Lipinski definition) is 1. The Bertz CT molecular complexity index is 984. The molecule has 7 nitrogen and oxygen atoms in total. The SMILES string of the molecule is CN(C)[C@@H]1CN(C(=O)c2cccnc2N2CCOC(c3ccc(C(F)(F)F)cc3)C2)C[C@H]1O. The lowest BCUT2D eigenvalue weighted by Gasteiger charge is -2.35. The van der Waals surface area contributed by atoms with E-state index in [1.807, 2.05) is 23.9 Å². The van der Waals surface area contributed by atoms with Crippen molar-refractivity contribution in [2.45, 2.75) is 24.4 Å². The number of hydrogen-bond acceptors (Lipinski definition) is 6. The van der Waals surface area contributed by atoms with Crippen LogP contribution in [0.3, 0.4) is 0 Å². The number of carbonyl (C=O) groups excluding carboxylic acids is 1. The molecule has 2 aliphatic rings. The second kappa shape index (κ2) is 9.28. The van der Waals surface area contributed by atoms with Gasteiger partial charge in [-0.05, 0) is 43.9 Å². The van der Waals surface area contributed by atoms with Crippen molar-refractivity contribution >= 4 is 11.7 Å². The molecule has 0 aliphatic carbocycles. The molecule has 3 heterocycles. The number of rotatable bonds is 4. The summed E-state index contributed by atoms with van der Waals surface area (Å²) in [7, 11) is 3.74. The first-order valence-corrected chi connectivity index (χ1v) is 10.8. The second-order valence-corrected chi connectivity index (χ2v) is 8.61.